The van der Waals surface area contributed by atoms with Crippen molar-refractivity contribution >= 4 is 22.4 Å². The highest BCUT2D eigenvalue weighted by molar-refractivity contribution is 7.13. The van der Waals surface area contributed by atoms with Crippen LogP contribution in [0, 0.1) is 0 Å². The second-order valence-corrected chi connectivity index (χ2v) is 5.29. The van der Waals surface area contributed by atoms with E-state index in [1.165, 1.54) is 11.3 Å². The van der Waals surface area contributed by atoms with Gasteiger partial charge in [0.05, 0.1) is 12.2 Å². The Bertz CT molecular complexity index is 399. The van der Waals surface area contributed by atoms with Crippen molar-refractivity contribution in [3.63, 3.8) is 0 Å². The Kier molecular flexibility index (Phi) is 3.63. The molecule has 0 aliphatic carbocycles. The number of thiazole rings is 1. The first-order valence-electron chi connectivity index (χ1n) is 5.72. The van der Waals surface area contributed by atoms with Gasteiger partial charge in [-0.2, -0.15) is 0 Å². The van der Waals surface area contributed by atoms with Gasteiger partial charge in [-0.05, 0) is 26.2 Å². The van der Waals surface area contributed by atoms with Gasteiger partial charge in [-0.1, -0.05) is 0 Å². The molecule has 1 amide bonds. The predicted octanol–water partition coefficient (Wildman–Crippen LogP) is 1.30. The van der Waals surface area contributed by atoms with Crippen LogP contribution in [0.4, 0.5) is 5.13 Å². The first-order valence-corrected chi connectivity index (χ1v) is 6.60. The fraction of sp³-hybridized carbons (Fsp3) is 0.636. The number of carbonyl (C=O) groups excluding carboxylic acids is 1. The lowest BCUT2D eigenvalue weighted by molar-refractivity contribution is -0.150. The van der Waals surface area contributed by atoms with E-state index < -0.39 is 5.60 Å². The molecule has 0 radical (unpaired) electrons. The Balaban J connectivity index is 1.88. The SMILES string of the molecule is C[C@@]1(C(=O)NCc2csc(N)n2)CCCCO1. The van der Waals surface area contributed by atoms with Crippen molar-refractivity contribution in [3.8, 4) is 0 Å². The standard InChI is InChI=1S/C11H17N3O2S/c1-11(4-2-3-5-16-11)9(15)13-6-8-7-17-10(12)14-8/h7H,2-6H2,1H3,(H2,12,14)(H,13,15)/t11-/m0/s1. The molecule has 0 aromatic carbocycles. The summed E-state index contributed by atoms with van der Waals surface area (Å²) in [5.41, 5.74) is 5.63. The minimum Gasteiger partial charge on any atom is -0.375 e. The number of nitrogen functional groups attached to an aromatic ring is 1. The van der Waals surface area contributed by atoms with Crippen LogP contribution in [0.5, 0.6) is 0 Å². The van der Waals surface area contributed by atoms with Crippen LogP contribution in [-0.4, -0.2) is 23.1 Å². The maximum Gasteiger partial charge on any atom is 0.252 e. The minimum absolute atomic E-state index is 0.0660. The largest absolute Gasteiger partial charge is 0.375 e. The number of hydrogen-bond acceptors (Lipinski definition) is 5. The number of hydrogen-bond donors (Lipinski definition) is 2. The topological polar surface area (TPSA) is 77.2 Å². The van der Waals surface area contributed by atoms with Crippen molar-refractivity contribution < 1.29 is 9.53 Å². The smallest absolute Gasteiger partial charge is 0.252 e. The van der Waals surface area contributed by atoms with Crippen molar-refractivity contribution in [1.29, 1.82) is 0 Å². The lowest BCUT2D eigenvalue weighted by atomic mass is 9.95. The van der Waals surface area contributed by atoms with Crippen LogP contribution < -0.4 is 11.1 Å². The number of anilines is 1. The summed E-state index contributed by atoms with van der Waals surface area (Å²) in [4.78, 5) is 16.1. The Morgan fingerprint density at radius 1 is 1.71 bits per heavy atom. The zero-order valence-corrected chi connectivity index (χ0v) is 10.7. The molecule has 1 saturated heterocycles. The Labute approximate surface area is 104 Å². The monoisotopic (exact) mass is 255 g/mol. The van der Waals surface area contributed by atoms with E-state index in [9.17, 15) is 4.79 Å². The molecule has 5 nitrogen and oxygen atoms in total. The highest BCUT2D eigenvalue weighted by Gasteiger charge is 2.35. The summed E-state index contributed by atoms with van der Waals surface area (Å²) in [6.45, 7) is 2.91. The van der Waals surface area contributed by atoms with E-state index in [1.54, 1.807) is 0 Å². The summed E-state index contributed by atoms with van der Waals surface area (Å²) < 4.78 is 5.57. The lowest BCUT2D eigenvalue weighted by Gasteiger charge is -2.32. The third-order valence-electron chi connectivity index (χ3n) is 2.95. The normalized spacial score (nSPS) is 24.5. The Hall–Kier alpha value is -1.14. The number of nitrogens with zero attached hydrogens (tertiary/aromatic N) is 1. The Morgan fingerprint density at radius 2 is 2.53 bits per heavy atom. The van der Waals surface area contributed by atoms with E-state index in [2.05, 4.69) is 10.3 Å². The molecule has 94 valence electrons. The molecule has 0 saturated carbocycles. The Morgan fingerprint density at radius 3 is 3.12 bits per heavy atom. The zero-order chi connectivity index (χ0) is 12.3. The van der Waals surface area contributed by atoms with Gasteiger partial charge >= 0.3 is 0 Å². The number of nitrogens with one attached hydrogen (secondary N) is 1. The fourth-order valence-corrected chi connectivity index (χ4v) is 2.44. The first kappa shape index (κ1) is 12.3. The van der Waals surface area contributed by atoms with Gasteiger partial charge in [0.25, 0.3) is 5.91 Å². The summed E-state index contributed by atoms with van der Waals surface area (Å²) in [6, 6.07) is 0. The predicted molar refractivity (Wildman–Crippen MR) is 66.6 cm³/mol. The molecule has 1 fully saturated rings. The number of amides is 1. The summed E-state index contributed by atoms with van der Waals surface area (Å²) in [5.74, 6) is -0.0660. The van der Waals surface area contributed by atoms with E-state index in [4.69, 9.17) is 10.5 Å². The van der Waals surface area contributed by atoms with E-state index >= 15 is 0 Å². The third-order valence-corrected chi connectivity index (χ3v) is 3.67. The molecule has 3 N–H and O–H groups in total. The molecule has 0 unspecified atom stereocenters. The van der Waals surface area contributed by atoms with Gasteiger partial charge in [0, 0.05) is 12.0 Å². The summed E-state index contributed by atoms with van der Waals surface area (Å²) in [5, 5.41) is 5.22. The zero-order valence-electron chi connectivity index (χ0n) is 9.86. The van der Waals surface area contributed by atoms with Crippen molar-refractivity contribution in [3.05, 3.63) is 11.1 Å². The molecular weight excluding hydrogens is 238 g/mol. The number of ether oxygens (including phenoxy) is 1. The molecule has 0 bridgehead atoms. The molecule has 1 aliphatic rings. The summed E-state index contributed by atoms with van der Waals surface area (Å²) >= 11 is 1.37. The van der Waals surface area contributed by atoms with Crippen LogP contribution >= 0.6 is 11.3 Å². The highest BCUT2D eigenvalue weighted by Crippen LogP contribution is 2.24. The fourth-order valence-electron chi connectivity index (χ4n) is 1.87. The number of aromatic nitrogens is 1. The molecule has 1 aromatic rings. The van der Waals surface area contributed by atoms with Gasteiger partial charge in [-0.3, -0.25) is 4.79 Å². The highest BCUT2D eigenvalue weighted by atomic mass is 32.1. The van der Waals surface area contributed by atoms with Crippen LogP contribution in [0.3, 0.4) is 0 Å². The van der Waals surface area contributed by atoms with E-state index in [-0.39, 0.29) is 5.91 Å². The average molecular weight is 255 g/mol. The van der Waals surface area contributed by atoms with Crippen molar-refractivity contribution in [2.24, 2.45) is 0 Å². The number of nitrogens with two attached hydrogens (primary N) is 1. The van der Waals surface area contributed by atoms with E-state index in [0.717, 1.165) is 25.0 Å². The molecule has 6 heteroatoms. The average Bonchev–Trinajstić information content (AvgIpc) is 2.73. The van der Waals surface area contributed by atoms with Crippen molar-refractivity contribution in [1.82, 2.24) is 10.3 Å². The van der Waals surface area contributed by atoms with Gasteiger partial charge in [0.15, 0.2) is 5.13 Å². The maximum atomic E-state index is 12.0. The van der Waals surface area contributed by atoms with Crippen molar-refractivity contribution in [2.45, 2.75) is 38.3 Å². The van der Waals surface area contributed by atoms with Crippen LogP contribution in [0.2, 0.25) is 0 Å². The molecule has 1 aromatic heterocycles. The molecule has 1 atom stereocenters. The van der Waals surface area contributed by atoms with Crippen molar-refractivity contribution in [2.75, 3.05) is 12.3 Å². The van der Waals surface area contributed by atoms with E-state index in [1.807, 2.05) is 12.3 Å². The van der Waals surface area contributed by atoms with Crippen LogP contribution in [-0.2, 0) is 16.1 Å². The molecule has 0 spiro atoms. The maximum absolute atomic E-state index is 12.0. The van der Waals surface area contributed by atoms with E-state index in [0.29, 0.717) is 18.3 Å². The van der Waals surface area contributed by atoms with Crippen LogP contribution in [0.1, 0.15) is 31.9 Å². The quantitative estimate of drug-likeness (QED) is 0.853. The van der Waals surface area contributed by atoms with Crippen LogP contribution in [0.25, 0.3) is 0 Å². The second-order valence-electron chi connectivity index (χ2n) is 4.40. The second kappa shape index (κ2) is 5.01. The third kappa shape index (κ3) is 2.95. The summed E-state index contributed by atoms with van der Waals surface area (Å²) in [7, 11) is 0. The number of carbonyl (C=O) groups is 1. The van der Waals surface area contributed by atoms with Gasteiger partial charge < -0.3 is 15.8 Å². The molecule has 2 heterocycles. The van der Waals surface area contributed by atoms with Gasteiger partial charge in [0.1, 0.15) is 5.60 Å². The molecular formula is C11H17N3O2S. The summed E-state index contributed by atoms with van der Waals surface area (Å²) in [6.07, 6.45) is 2.84. The van der Waals surface area contributed by atoms with Gasteiger partial charge in [-0.25, -0.2) is 4.98 Å². The van der Waals surface area contributed by atoms with Crippen LogP contribution in [0.15, 0.2) is 5.38 Å². The molecule has 17 heavy (non-hydrogen) atoms. The number of rotatable bonds is 3. The molecule has 1 aliphatic heterocycles. The first-order chi connectivity index (χ1) is 8.10. The lowest BCUT2D eigenvalue weighted by Crippen LogP contribution is -2.48. The van der Waals surface area contributed by atoms with Gasteiger partial charge in [0.2, 0.25) is 0 Å². The molecule has 2 rings (SSSR count). The minimum atomic E-state index is -0.681. The van der Waals surface area contributed by atoms with Gasteiger partial charge in [-0.15, -0.1) is 11.3 Å².